The zero-order valence-electron chi connectivity index (χ0n) is 23.5. The molecule has 0 aliphatic rings. The Balaban J connectivity index is 2.08. The zero-order valence-corrected chi connectivity index (χ0v) is 25.9. The van der Waals surface area contributed by atoms with Crippen LogP contribution in [-0.4, -0.2) is 43.3 Å². The van der Waals surface area contributed by atoms with Gasteiger partial charge >= 0.3 is 0 Å². The molecule has 0 saturated heterocycles. The molecule has 0 fully saturated rings. The Kier molecular flexibility index (Phi) is 9.93. The van der Waals surface area contributed by atoms with Gasteiger partial charge in [0.15, 0.2) is 0 Å². The van der Waals surface area contributed by atoms with E-state index in [0.29, 0.717) is 0 Å². The number of nitrogens with one attached hydrogen (secondary N) is 1. The maximum atomic E-state index is 14.0. The summed E-state index contributed by atoms with van der Waals surface area (Å²) in [5, 5.41) is 3.35. The summed E-state index contributed by atoms with van der Waals surface area (Å²) in [6.07, 6.45) is 0. The van der Waals surface area contributed by atoms with E-state index in [4.69, 9.17) is 23.2 Å². The fourth-order valence-corrected chi connectivity index (χ4v) is 5.99. The number of carbonyl (C=O) groups excluding carboxylic acids is 2. The van der Waals surface area contributed by atoms with Crippen LogP contribution in [0, 0.1) is 13.8 Å². The van der Waals surface area contributed by atoms with Crippen molar-refractivity contribution in [1.82, 2.24) is 10.2 Å². The summed E-state index contributed by atoms with van der Waals surface area (Å²) in [4.78, 5) is 28.6. The van der Waals surface area contributed by atoms with Gasteiger partial charge in [0.1, 0.15) is 12.6 Å². The monoisotopic (exact) mass is 603 g/mol. The molecule has 0 heterocycles. The van der Waals surface area contributed by atoms with Crippen molar-refractivity contribution >= 4 is 50.7 Å². The molecule has 0 aromatic heterocycles. The number of halogens is 2. The van der Waals surface area contributed by atoms with Gasteiger partial charge in [0.25, 0.3) is 10.0 Å². The molecule has 3 aromatic rings. The standard InChI is InChI=1S/C30H35Cl2N3O4S/c1-20-11-13-27(14-12-20)40(38,39)35(26-16-24(31)15-25(32)17-26)19-28(36)34(18-23-10-8-7-9-21(23)2)22(3)29(37)33-30(4,5)6/h7-17,22H,18-19H2,1-6H3,(H,33,37)/t22-/m0/s1. The van der Waals surface area contributed by atoms with Crippen LogP contribution in [0.3, 0.4) is 0 Å². The van der Waals surface area contributed by atoms with Crippen molar-refractivity contribution in [3.8, 4) is 0 Å². The molecule has 40 heavy (non-hydrogen) atoms. The summed E-state index contributed by atoms with van der Waals surface area (Å²) < 4.78 is 28.8. The molecule has 0 radical (unpaired) electrons. The van der Waals surface area contributed by atoms with Crippen LogP contribution < -0.4 is 9.62 Å². The Morgan fingerprint density at radius 1 is 0.925 bits per heavy atom. The summed E-state index contributed by atoms with van der Waals surface area (Å²) in [5.41, 5.74) is 2.27. The molecule has 3 rings (SSSR count). The third kappa shape index (κ3) is 7.99. The quantitative estimate of drug-likeness (QED) is 0.318. The SMILES string of the molecule is Cc1ccc(S(=O)(=O)N(CC(=O)N(Cc2ccccc2C)[C@@H](C)C(=O)NC(C)(C)C)c2cc(Cl)cc(Cl)c2)cc1. The first-order valence-electron chi connectivity index (χ1n) is 12.8. The molecular weight excluding hydrogens is 569 g/mol. The summed E-state index contributed by atoms with van der Waals surface area (Å²) in [6, 6.07) is 17.3. The lowest BCUT2D eigenvalue weighted by Crippen LogP contribution is -2.54. The van der Waals surface area contributed by atoms with E-state index >= 15 is 0 Å². The van der Waals surface area contributed by atoms with Crippen molar-refractivity contribution in [2.75, 3.05) is 10.8 Å². The van der Waals surface area contributed by atoms with Crippen molar-refractivity contribution < 1.29 is 18.0 Å². The molecule has 0 spiro atoms. The molecule has 7 nitrogen and oxygen atoms in total. The van der Waals surface area contributed by atoms with Gasteiger partial charge in [-0.05, 0) is 83.0 Å². The van der Waals surface area contributed by atoms with Crippen LogP contribution in [0.4, 0.5) is 5.69 Å². The highest BCUT2D eigenvalue weighted by atomic mass is 35.5. The number of nitrogens with zero attached hydrogens (tertiary/aromatic N) is 2. The van der Waals surface area contributed by atoms with Gasteiger partial charge in [-0.15, -0.1) is 0 Å². The number of carbonyl (C=O) groups is 2. The van der Waals surface area contributed by atoms with Crippen molar-refractivity contribution in [2.24, 2.45) is 0 Å². The van der Waals surface area contributed by atoms with E-state index in [1.165, 1.54) is 35.2 Å². The van der Waals surface area contributed by atoms with Gasteiger partial charge < -0.3 is 10.2 Å². The summed E-state index contributed by atoms with van der Waals surface area (Å²) in [5.74, 6) is -0.917. The molecule has 0 bridgehead atoms. The highest BCUT2D eigenvalue weighted by molar-refractivity contribution is 7.92. The zero-order chi connectivity index (χ0) is 29.8. The summed E-state index contributed by atoms with van der Waals surface area (Å²) >= 11 is 12.5. The van der Waals surface area contributed by atoms with E-state index < -0.39 is 34.1 Å². The number of aryl methyl sites for hydroxylation is 2. The second-order valence-corrected chi connectivity index (χ2v) is 13.6. The van der Waals surface area contributed by atoms with Crippen molar-refractivity contribution in [1.29, 1.82) is 0 Å². The second-order valence-electron chi connectivity index (χ2n) is 10.8. The van der Waals surface area contributed by atoms with E-state index in [1.54, 1.807) is 19.1 Å². The largest absolute Gasteiger partial charge is 0.350 e. The lowest BCUT2D eigenvalue weighted by molar-refractivity contribution is -0.140. The lowest BCUT2D eigenvalue weighted by Gasteiger charge is -2.34. The number of hydrogen-bond donors (Lipinski definition) is 1. The number of hydrogen-bond acceptors (Lipinski definition) is 4. The van der Waals surface area contributed by atoms with Crippen LogP contribution in [0.15, 0.2) is 71.6 Å². The predicted octanol–water partition coefficient (Wildman–Crippen LogP) is 6.14. The van der Waals surface area contributed by atoms with Crippen LogP contribution in [0.1, 0.15) is 44.4 Å². The van der Waals surface area contributed by atoms with E-state index in [-0.39, 0.29) is 33.1 Å². The normalized spacial score (nSPS) is 12.5. The lowest BCUT2D eigenvalue weighted by atomic mass is 10.1. The molecule has 0 aliphatic carbocycles. The van der Waals surface area contributed by atoms with Gasteiger partial charge in [-0.3, -0.25) is 13.9 Å². The number of benzene rings is 3. The van der Waals surface area contributed by atoms with Gasteiger partial charge in [0.05, 0.1) is 10.6 Å². The molecule has 0 unspecified atom stereocenters. The van der Waals surface area contributed by atoms with Gasteiger partial charge in [-0.1, -0.05) is 65.2 Å². The molecule has 1 N–H and O–H groups in total. The second kappa shape index (κ2) is 12.6. The molecular formula is C30H35Cl2N3O4S. The van der Waals surface area contributed by atoms with E-state index in [1.807, 2.05) is 58.9 Å². The van der Waals surface area contributed by atoms with Crippen LogP contribution in [0.2, 0.25) is 10.0 Å². The van der Waals surface area contributed by atoms with Gasteiger partial charge in [-0.2, -0.15) is 0 Å². The molecule has 0 aliphatic heterocycles. The third-order valence-corrected chi connectivity index (χ3v) is 8.52. The number of rotatable bonds is 9. The average molecular weight is 605 g/mol. The fraction of sp³-hybridized carbons (Fsp3) is 0.333. The maximum absolute atomic E-state index is 14.0. The molecule has 10 heteroatoms. The third-order valence-electron chi connectivity index (χ3n) is 6.29. The van der Waals surface area contributed by atoms with Gasteiger partial charge in [0.2, 0.25) is 11.8 Å². The topological polar surface area (TPSA) is 86.8 Å². The summed E-state index contributed by atoms with van der Waals surface area (Å²) in [7, 11) is -4.22. The van der Waals surface area contributed by atoms with E-state index in [2.05, 4.69) is 5.32 Å². The Bertz CT molecular complexity index is 1470. The van der Waals surface area contributed by atoms with Crippen LogP contribution in [-0.2, 0) is 26.2 Å². The van der Waals surface area contributed by atoms with Crippen molar-refractivity contribution in [2.45, 2.75) is 64.6 Å². The fourth-order valence-electron chi connectivity index (χ4n) is 4.08. The number of anilines is 1. The van der Waals surface area contributed by atoms with Crippen LogP contribution in [0.25, 0.3) is 0 Å². The molecule has 3 aromatic carbocycles. The Morgan fingerprint density at radius 3 is 2.05 bits per heavy atom. The minimum atomic E-state index is -4.22. The minimum absolute atomic E-state index is 0.00553. The van der Waals surface area contributed by atoms with Crippen molar-refractivity contribution in [3.05, 3.63) is 93.5 Å². The first-order chi connectivity index (χ1) is 18.6. The Morgan fingerprint density at radius 2 is 1.50 bits per heavy atom. The molecule has 2 amide bonds. The van der Waals surface area contributed by atoms with Crippen LogP contribution in [0.5, 0.6) is 0 Å². The molecule has 0 saturated carbocycles. The van der Waals surface area contributed by atoms with E-state index in [0.717, 1.165) is 21.0 Å². The maximum Gasteiger partial charge on any atom is 0.264 e. The molecule has 1 atom stereocenters. The first-order valence-corrected chi connectivity index (χ1v) is 15.0. The Labute approximate surface area is 247 Å². The van der Waals surface area contributed by atoms with Crippen LogP contribution >= 0.6 is 23.2 Å². The summed E-state index contributed by atoms with van der Waals surface area (Å²) in [6.45, 7) is 10.5. The van der Waals surface area contributed by atoms with E-state index in [9.17, 15) is 18.0 Å². The predicted molar refractivity (Wildman–Crippen MR) is 161 cm³/mol. The molecule has 214 valence electrons. The number of amides is 2. The first kappa shape index (κ1) is 31.5. The number of sulfonamides is 1. The highest BCUT2D eigenvalue weighted by Gasteiger charge is 2.33. The smallest absolute Gasteiger partial charge is 0.264 e. The van der Waals surface area contributed by atoms with Gasteiger partial charge in [0, 0.05) is 22.1 Å². The average Bonchev–Trinajstić information content (AvgIpc) is 2.84. The minimum Gasteiger partial charge on any atom is -0.350 e. The Hall–Kier alpha value is -3.07. The highest BCUT2D eigenvalue weighted by Crippen LogP contribution is 2.30. The van der Waals surface area contributed by atoms with Crippen molar-refractivity contribution in [3.63, 3.8) is 0 Å². The van der Waals surface area contributed by atoms with Gasteiger partial charge in [-0.25, -0.2) is 8.42 Å².